The van der Waals surface area contributed by atoms with Crippen LogP contribution in [-0.2, 0) is 12.4 Å². The van der Waals surface area contributed by atoms with Crippen molar-refractivity contribution in [3.05, 3.63) is 36.4 Å². The lowest BCUT2D eigenvalue weighted by atomic mass is 10.0. The lowest BCUT2D eigenvalue weighted by molar-refractivity contribution is -0.143. The summed E-state index contributed by atoms with van der Waals surface area (Å²) in [4.78, 5) is 0.683. The highest BCUT2D eigenvalue weighted by Gasteiger charge is 2.37. The molecule has 0 amide bonds. The molecule has 0 N–H and O–H groups in total. The van der Waals surface area contributed by atoms with Gasteiger partial charge in [-0.3, -0.25) is 7.05 Å². The lowest BCUT2D eigenvalue weighted by Gasteiger charge is -2.12. The number of hydrogen-bond acceptors (Lipinski definition) is 3. The van der Waals surface area contributed by atoms with Crippen molar-refractivity contribution in [2.45, 2.75) is 12.4 Å². The van der Waals surface area contributed by atoms with E-state index < -0.39 is 29.0 Å². The van der Waals surface area contributed by atoms with Gasteiger partial charge in [0.15, 0.2) is 0 Å². The van der Waals surface area contributed by atoms with E-state index in [0.29, 0.717) is 16.9 Å². The fourth-order valence-electron chi connectivity index (χ4n) is 1.44. The van der Waals surface area contributed by atoms with E-state index >= 15 is 0 Å². The topological polar surface area (TPSA) is 43.6 Å². The van der Waals surface area contributed by atoms with Gasteiger partial charge in [-0.15, -0.1) is 5.10 Å². The van der Waals surface area contributed by atoms with Crippen LogP contribution in [0.2, 0.25) is 0 Å². The Morgan fingerprint density at radius 3 is 1.75 bits per heavy atom. The summed E-state index contributed by atoms with van der Waals surface area (Å²) in [6.45, 7) is 0. The largest absolute Gasteiger partial charge is 0.416 e. The molecule has 0 unspecified atom stereocenters. The van der Waals surface area contributed by atoms with Gasteiger partial charge >= 0.3 is 12.4 Å². The fourth-order valence-corrected chi connectivity index (χ4v) is 1.44. The quantitative estimate of drug-likeness (QED) is 0.600. The van der Waals surface area contributed by atoms with E-state index in [1.54, 1.807) is 0 Å². The average molecular weight is 295 g/mol. The lowest BCUT2D eigenvalue weighted by Crippen LogP contribution is -2.11. The van der Waals surface area contributed by atoms with Crippen LogP contribution in [0.3, 0.4) is 0 Å². The summed E-state index contributed by atoms with van der Waals surface area (Å²) in [5, 5.41) is 10.1. The van der Waals surface area contributed by atoms with Crippen LogP contribution in [0.25, 0.3) is 11.4 Å². The molecule has 0 spiro atoms. The Kier molecular flexibility index (Phi) is 3.11. The molecule has 1 aromatic carbocycles. The van der Waals surface area contributed by atoms with Crippen molar-refractivity contribution in [2.75, 3.05) is 0 Å². The molecule has 0 atom stereocenters. The van der Waals surface area contributed by atoms with Crippen molar-refractivity contribution in [3.63, 3.8) is 0 Å². The minimum Gasteiger partial charge on any atom is -0.301 e. The highest BCUT2D eigenvalue weighted by molar-refractivity contribution is 5.57. The summed E-state index contributed by atoms with van der Waals surface area (Å²) in [6, 6.07) is 1.07. The molecule has 10 heteroatoms. The highest BCUT2D eigenvalue weighted by atomic mass is 19.4. The van der Waals surface area contributed by atoms with Gasteiger partial charge in [-0.05, 0) is 18.2 Å². The van der Waals surface area contributed by atoms with Gasteiger partial charge < -0.3 is 4.80 Å². The number of nitrogens with zero attached hydrogens (tertiary/aromatic N) is 4. The zero-order chi connectivity index (χ0) is 15.1. The van der Waals surface area contributed by atoms with E-state index in [1.165, 1.54) is 0 Å². The Bertz CT molecular complexity index is 595. The summed E-state index contributed by atoms with van der Waals surface area (Å²) < 4.78 is 75.7. The van der Waals surface area contributed by atoms with E-state index in [2.05, 4.69) is 22.5 Å². The van der Waals surface area contributed by atoms with Crippen molar-refractivity contribution in [2.24, 2.45) is 0 Å². The monoisotopic (exact) mass is 295 g/mol. The van der Waals surface area contributed by atoms with Gasteiger partial charge in [0, 0.05) is 5.56 Å². The number of aromatic nitrogens is 4. The van der Waals surface area contributed by atoms with Crippen LogP contribution in [0.15, 0.2) is 18.2 Å². The molecule has 0 aliphatic heterocycles. The molecule has 1 heterocycles. The first-order chi connectivity index (χ1) is 9.07. The van der Waals surface area contributed by atoms with Gasteiger partial charge in [-0.1, -0.05) is 5.21 Å². The van der Waals surface area contributed by atoms with Gasteiger partial charge in [-0.25, -0.2) is 0 Å². The second kappa shape index (κ2) is 4.39. The molecule has 0 bridgehead atoms. The number of halogens is 6. The third-order valence-corrected chi connectivity index (χ3v) is 2.30. The number of rotatable bonds is 1. The summed E-state index contributed by atoms with van der Waals surface area (Å²) >= 11 is 0. The Balaban J connectivity index is 2.63. The van der Waals surface area contributed by atoms with Gasteiger partial charge in [0.1, 0.15) is 0 Å². The van der Waals surface area contributed by atoms with Crippen molar-refractivity contribution < 1.29 is 26.3 Å². The second-order valence-electron chi connectivity index (χ2n) is 3.78. The van der Waals surface area contributed by atoms with Crippen molar-refractivity contribution in [1.29, 1.82) is 0 Å². The molecule has 2 rings (SSSR count). The molecule has 0 saturated carbocycles. The van der Waals surface area contributed by atoms with E-state index in [4.69, 9.17) is 0 Å². The van der Waals surface area contributed by atoms with E-state index in [-0.39, 0.29) is 11.9 Å². The molecule has 108 valence electrons. The van der Waals surface area contributed by atoms with Crippen LogP contribution in [0.4, 0.5) is 26.3 Å². The van der Waals surface area contributed by atoms with Crippen molar-refractivity contribution in [3.8, 4) is 11.4 Å². The maximum atomic E-state index is 12.6. The van der Waals surface area contributed by atoms with Crippen LogP contribution in [0.5, 0.6) is 0 Å². The van der Waals surface area contributed by atoms with Crippen molar-refractivity contribution in [1.82, 2.24) is 20.2 Å². The third-order valence-electron chi connectivity index (χ3n) is 2.30. The van der Waals surface area contributed by atoms with Gasteiger partial charge in [0.25, 0.3) is 0 Å². The number of tetrazole rings is 1. The molecule has 0 radical (unpaired) electrons. The summed E-state index contributed by atoms with van der Waals surface area (Å²) in [7, 11) is 3.20. The molecule has 0 aliphatic rings. The first kappa shape index (κ1) is 14.2. The standard InChI is InChI=1S/C10H5F6N4/c1-20-18-8(17-19-20)5-2-6(9(11,12)13)4-7(3-5)10(14,15)16/h2-4H,1H2/q-1. The Hall–Kier alpha value is -2.26. The van der Waals surface area contributed by atoms with E-state index in [0.717, 1.165) is 0 Å². The van der Waals surface area contributed by atoms with Gasteiger partial charge in [0.2, 0.25) is 5.82 Å². The molecule has 20 heavy (non-hydrogen) atoms. The zero-order valence-corrected chi connectivity index (χ0v) is 9.50. The molecular formula is C10H5F6N4-. The van der Waals surface area contributed by atoms with Crippen LogP contribution in [0, 0.1) is 7.05 Å². The Morgan fingerprint density at radius 2 is 1.40 bits per heavy atom. The van der Waals surface area contributed by atoms with E-state index in [9.17, 15) is 26.3 Å². The molecular weight excluding hydrogens is 290 g/mol. The molecule has 4 nitrogen and oxygen atoms in total. The first-order valence-electron chi connectivity index (χ1n) is 4.98. The van der Waals surface area contributed by atoms with E-state index in [1.807, 2.05) is 0 Å². The molecule has 0 saturated heterocycles. The number of alkyl halides is 6. The number of benzene rings is 1. The molecule has 2 aromatic rings. The molecule has 0 fully saturated rings. The summed E-state index contributed by atoms with van der Waals surface area (Å²) in [5.74, 6) is -0.378. The minimum absolute atomic E-state index is 0.0259. The Morgan fingerprint density at radius 1 is 0.900 bits per heavy atom. The molecule has 0 aliphatic carbocycles. The summed E-state index contributed by atoms with van der Waals surface area (Å²) in [6.07, 6.45) is -9.84. The first-order valence-corrected chi connectivity index (χ1v) is 4.98. The minimum atomic E-state index is -4.92. The normalized spacial score (nSPS) is 12.7. The second-order valence-corrected chi connectivity index (χ2v) is 3.78. The van der Waals surface area contributed by atoms with Crippen LogP contribution < -0.4 is 0 Å². The molecule has 1 aromatic heterocycles. The third kappa shape index (κ3) is 2.83. The van der Waals surface area contributed by atoms with Crippen LogP contribution in [-0.4, -0.2) is 20.2 Å². The maximum absolute atomic E-state index is 12.6. The average Bonchev–Trinajstić information content (AvgIpc) is 2.73. The maximum Gasteiger partial charge on any atom is 0.416 e. The summed E-state index contributed by atoms with van der Waals surface area (Å²) in [5.41, 5.74) is -3.33. The number of hydrogen-bond donors (Lipinski definition) is 0. The van der Waals surface area contributed by atoms with Gasteiger partial charge in [0.05, 0.1) is 11.1 Å². The van der Waals surface area contributed by atoms with Crippen LogP contribution in [0.1, 0.15) is 11.1 Å². The highest BCUT2D eigenvalue weighted by Crippen LogP contribution is 2.37. The fraction of sp³-hybridized carbons (Fsp3) is 0.200. The Labute approximate surface area is 108 Å². The zero-order valence-electron chi connectivity index (χ0n) is 9.50. The van der Waals surface area contributed by atoms with Crippen LogP contribution >= 0.6 is 0 Å². The predicted octanol–water partition coefficient (Wildman–Crippen LogP) is 3.02. The van der Waals surface area contributed by atoms with Crippen molar-refractivity contribution >= 4 is 0 Å². The smallest absolute Gasteiger partial charge is 0.301 e. The predicted molar refractivity (Wildman–Crippen MR) is 54.0 cm³/mol. The van der Waals surface area contributed by atoms with Gasteiger partial charge in [-0.2, -0.15) is 31.4 Å². The SMILES string of the molecule is [CH2-]n1nnc(-c2cc(C(F)(F)F)cc(C(F)(F)F)c2)n1.